The second kappa shape index (κ2) is 11.5. The Kier molecular flexibility index (Phi) is 9.37. The van der Waals surface area contributed by atoms with E-state index in [2.05, 4.69) is 33.9 Å². The van der Waals surface area contributed by atoms with E-state index in [9.17, 15) is 9.90 Å². The van der Waals surface area contributed by atoms with E-state index in [4.69, 9.17) is 9.15 Å². The van der Waals surface area contributed by atoms with Crippen molar-refractivity contribution in [3.63, 3.8) is 0 Å². The molecular weight excluding hydrogens is 360 g/mol. The van der Waals surface area contributed by atoms with Crippen molar-refractivity contribution in [2.24, 2.45) is 5.92 Å². The van der Waals surface area contributed by atoms with Crippen molar-refractivity contribution in [3.8, 4) is 0 Å². The van der Waals surface area contributed by atoms with Crippen LogP contribution in [0.2, 0.25) is 0 Å². The summed E-state index contributed by atoms with van der Waals surface area (Å²) in [5.74, 6) is 0.932. The predicted molar refractivity (Wildman–Crippen MR) is 107 cm³/mol. The molecule has 0 saturated carbocycles. The van der Waals surface area contributed by atoms with Crippen molar-refractivity contribution in [1.82, 2.24) is 20.1 Å². The number of carbonyl (C=O) groups excluding carboxylic acids is 1. The number of hydrogen-bond acceptors (Lipinski definition) is 7. The molecule has 1 aromatic heterocycles. The molecule has 160 valence electrons. The van der Waals surface area contributed by atoms with Crippen LogP contribution in [0.1, 0.15) is 50.5 Å². The fourth-order valence-electron chi connectivity index (χ4n) is 3.03. The van der Waals surface area contributed by atoms with Gasteiger partial charge in [-0.2, -0.15) is 0 Å². The van der Waals surface area contributed by atoms with Crippen molar-refractivity contribution in [2.75, 3.05) is 45.9 Å². The molecule has 1 amide bonds. The lowest BCUT2D eigenvalue weighted by Crippen LogP contribution is -2.48. The molecule has 1 aromatic rings. The lowest BCUT2D eigenvalue weighted by atomic mass is 10.1. The molecule has 28 heavy (non-hydrogen) atoms. The molecule has 0 radical (unpaired) electrons. The van der Waals surface area contributed by atoms with Gasteiger partial charge in [-0.1, -0.05) is 13.8 Å². The highest BCUT2D eigenvalue weighted by atomic mass is 16.5. The summed E-state index contributed by atoms with van der Waals surface area (Å²) in [6, 6.07) is 0. The van der Waals surface area contributed by atoms with E-state index in [-0.39, 0.29) is 12.0 Å². The first-order chi connectivity index (χ1) is 13.3. The maximum Gasteiger partial charge on any atom is 0.273 e. The molecule has 1 atom stereocenters. The van der Waals surface area contributed by atoms with Gasteiger partial charge in [-0.25, -0.2) is 4.98 Å². The lowest BCUT2D eigenvalue weighted by Gasteiger charge is -2.35. The normalized spacial score (nSPS) is 17.4. The van der Waals surface area contributed by atoms with Gasteiger partial charge in [-0.05, 0) is 26.2 Å². The van der Waals surface area contributed by atoms with Gasteiger partial charge in [0.15, 0.2) is 5.69 Å². The second-order valence-electron chi connectivity index (χ2n) is 8.18. The summed E-state index contributed by atoms with van der Waals surface area (Å²) in [4.78, 5) is 20.9. The van der Waals surface area contributed by atoms with Crippen LogP contribution >= 0.6 is 0 Å². The van der Waals surface area contributed by atoms with Gasteiger partial charge < -0.3 is 19.6 Å². The van der Waals surface area contributed by atoms with Crippen LogP contribution in [0.4, 0.5) is 0 Å². The Morgan fingerprint density at radius 3 is 2.57 bits per heavy atom. The minimum absolute atomic E-state index is 0.134. The van der Waals surface area contributed by atoms with Crippen molar-refractivity contribution in [3.05, 3.63) is 17.8 Å². The van der Waals surface area contributed by atoms with Gasteiger partial charge in [-0.15, -0.1) is 0 Å². The van der Waals surface area contributed by atoms with Crippen LogP contribution < -0.4 is 5.32 Å². The number of aliphatic hydroxyl groups excluding tert-OH is 1. The number of aromatic nitrogens is 1. The third-order valence-electron chi connectivity index (χ3n) is 4.71. The lowest BCUT2D eigenvalue weighted by molar-refractivity contribution is -0.0151. The number of ether oxygens (including phenoxy) is 1. The summed E-state index contributed by atoms with van der Waals surface area (Å²) < 4.78 is 10.9. The van der Waals surface area contributed by atoms with Gasteiger partial charge in [-0.3, -0.25) is 14.6 Å². The number of piperazine rings is 1. The summed E-state index contributed by atoms with van der Waals surface area (Å²) >= 11 is 0. The fraction of sp³-hybridized carbons (Fsp3) is 0.800. The molecular formula is C20H36N4O4. The zero-order chi connectivity index (χ0) is 20.5. The van der Waals surface area contributed by atoms with E-state index in [1.54, 1.807) is 0 Å². The minimum atomic E-state index is -0.461. The predicted octanol–water partition coefficient (Wildman–Crippen LogP) is 1.35. The molecule has 0 bridgehead atoms. The summed E-state index contributed by atoms with van der Waals surface area (Å²) in [6.07, 6.45) is 2.05. The number of hydrogen-bond donors (Lipinski definition) is 2. The zero-order valence-corrected chi connectivity index (χ0v) is 17.7. The SMILES string of the molecule is CC(C)CCNC(=O)c1coc(CN2CCN(CC(O)COC(C)C)CC2)n1. The van der Waals surface area contributed by atoms with Crippen LogP contribution in [-0.2, 0) is 11.3 Å². The van der Waals surface area contributed by atoms with E-state index >= 15 is 0 Å². The summed E-state index contributed by atoms with van der Waals surface area (Å²) in [6.45, 7) is 13.9. The van der Waals surface area contributed by atoms with Crippen LogP contribution in [0.15, 0.2) is 10.7 Å². The molecule has 2 N–H and O–H groups in total. The number of β-amino-alcohol motifs (C(OH)–C–C–N with tert-alkyl or cyclic N) is 1. The third kappa shape index (κ3) is 8.26. The monoisotopic (exact) mass is 396 g/mol. The smallest absolute Gasteiger partial charge is 0.273 e. The second-order valence-corrected chi connectivity index (χ2v) is 8.18. The van der Waals surface area contributed by atoms with Gasteiger partial charge >= 0.3 is 0 Å². The molecule has 0 spiro atoms. The highest BCUT2D eigenvalue weighted by molar-refractivity contribution is 5.91. The van der Waals surface area contributed by atoms with Crippen LogP contribution in [0, 0.1) is 5.92 Å². The van der Waals surface area contributed by atoms with Gasteiger partial charge in [0.2, 0.25) is 5.89 Å². The van der Waals surface area contributed by atoms with Gasteiger partial charge in [0.1, 0.15) is 6.26 Å². The number of nitrogens with zero attached hydrogens (tertiary/aromatic N) is 3. The Hall–Kier alpha value is -1.48. The third-order valence-corrected chi connectivity index (χ3v) is 4.71. The zero-order valence-electron chi connectivity index (χ0n) is 17.7. The van der Waals surface area contributed by atoms with E-state index in [0.717, 1.165) is 32.6 Å². The van der Waals surface area contributed by atoms with Gasteiger partial charge in [0, 0.05) is 39.3 Å². The molecule has 2 rings (SSSR count). The van der Waals surface area contributed by atoms with Crippen LogP contribution in [0.25, 0.3) is 0 Å². The Morgan fingerprint density at radius 2 is 1.93 bits per heavy atom. The highest BCUT2D eigenvalue weighted by Crippen LogP contribution is 2.10. The first kappa shape index (κ1) is 22.8. The van der Waals surface area contributed by atoms with Gasteiger partial charge in [0.25, 0.3) is 5.91 Å². The van der Waals surface area contributed by atoms with Crippen molar-refractivity contribution < 1.29 is 19.1 Å². The van der Waals surface area contributed by atoms with Crippen LogP contribution in [-0.4, -0.2) is 83.9 Å². The maximum atomic E-state index is 12.1. The molecule has 0 aromatic carbocycles. The Labute approximate surface area is 168 Å². The minimum Gasteiger partial charge on any atom is -0.447 e. The molecule has 2 heterocycles. The molecule has 8 nitrogen and oxygen atoms in total. The molecule has 1 aliphatic heterocycles. The highest BCUT2D eigenvalue weighted by Gasteiger charge is 2.21. The average Bonchev–Trinajstić information content (AvgIpc) is 3.10. The number of aliphatic hydroxyl groups is 1. The average molecular weight is 397 g/mol. The first-order valence-electron chi connectivity index (χ1n) is 10.3. The Morgan fingerprint density at radius 1 is 1.25 bits per heavy atom. The summed E-state index contributed by atoms with van der Waals surface area (Å²) in [5, 5.41) is 12.9. The Balaban J connectivity index is 1.69. The fourth-order valence-corrected chi connectivity index (χ4v) is 3.03. The first-order valence-corrected chi connectivity index (χ1v) is 10.3. The van der Waals surface area contributed by atoms with E-state index in [1.807, 2.05) is 13.8 Å². The summed E-state index contributed by atoms with van der Waals surface area (Å²) in [7, 11) is 0. The molecule has 1 aliphatic rings. The molecule has 1 saturated heterocycles. The quantitative estimate of drug-likeness (QED) is 0.583. The topological polar surface area (TPSA) is 91.1 Å². The van der Waals surface area contributed by atoms with Gasteiger partial charge in [0.05, 0.1) is 25.4 Å². The van der Waals surface area contributed by atoms with E-state index < -0.39 is 6.10 Å². The Bertz CT molecular complexity index is 583. The van der Waals surface area contributed by atoms with E-state index in [1.165, 1.54) is 6.26 Å². The molecule has 0 aliphatic carbocycles. The van der Waals surface area contributed by atoms with Crippen LogP contribution in [0.3, 0.4) is 0 Å². The largest absolute Gasteiger partial charge is 0.447 e. The molecule has 1 unspecified atom stereocenters. The van der Waals surface area contributed by atoms with Crippen molar-refractivity contribution >= 4 is 5.91 Å². The van der Waals surface area contributed by atoms with Crippen molar-refractivity contribution in [1.29, 1.82) is 0 Å². The standard InChI is InChI=1S/C20H36N4O4/c1-15(2)5-6-21-20(26)18-14-28-19(22-18)12-24-9-7-23(8-10-24)11-17(25)13-27-16(3)4/h14-17,25H,5-13H2,1-4H3,(H,21,26). The number of carbonyl (C=O) groups is 1. The number of rotatable bonds is 11. The van der Waals surface area contributed by atoms with Crippen LogP contribution in [0.5, 0.6) is 0 Å². The van der Waals surface area contributed by atoms with Crippen molar-refractivity contribution in [2.45, 2.75) is 52.9 Å². The summed E-state index contributed by atoms with van der Waals surface area (Å²) in [5.41, 5.74) is 0.339. The number of nitrogens with one attached hydrogen (secondary N) is 1. The maximum absolute atomic E-state index is 12.1. The molecule has 1 fully saturated rings. The number of oxazole rings is 1. The van der Waals surface area contributed by atoms with E-state index in [0.29, 0.717) is 43.7 Å². The number of amides is 1. The molecule has 8 heteroatoms.